The van der Waals surface area contributed by atoms with Crippen molar-refractivity contribution < 1.29 is 9.59 Å². The minimum atomic E-state index is -0.388. The molecule has 2 fully saturated rings. The average molecular weight is 551 g/mol. The molecule has 2 amide bonds. The van der Waals surface area contributed by atoms with Gasteiger partial charge in [-0.1, -0.05) is 54.6 Å². The lowest BCUT2D eigenvalue weighted by Crippen LogP contribution is -2.43. The number of nitrogens with zero attached hydrogens (tertiary/aromatic N) is 4. The summed E-state index contributed by atoms with van der Waals surface area (Å²) in [5, 5.41) is 6.87. The van der Waals surface area contributed by atoms with Crippen molar-refractivity contribution in [3.05, 3.63) is 101 Å². The van der Waals surface area contributed by atoms with Gasteiger partial charge in [0.2, 0.25) is 5.95 Å². The van der Waals surface area contributed by atoms with Gasteiger partial charge in [0.1, 0.15) is 0 Å². The Bertz CT molecular complexity index is 1550. The molecule has 0 unspecified atom stereocenters. The molecule has 9 heteroatoms. The van der Waals surface area contributed by atoms with Crippen LogP contribution < -0.4 is 15.5 Å². The van der Waals surface area contributed by atoms with E-state index in [1.807, 2.05) is 30.5 Å². The van der Waals surface area contributed by atoms with Gasteiger partial charge < -0.3 is 10.2 Å². The molecule has 2 aromatic carbocycles. The normalized spacial score (nSPS) is 20.1. The highest BCUT2D eigenvalue weighted by molar-refractivity contribution is 8.18. The first-order chi connectivity index (χ1) is 19.6. The van der Waals surface area contributed by atoms with E-state index in [4.69, 9.17) is 4.98 Å². The van der Waals surface area contributed by atoms with E-state index in [9.17, 15) is 9.59 Å². The Kier molecular flexibility index (Phi) is 7.83. The van der Waals surface area contributed by atoms with E-state index in [-0.39, 0.29) is 17.2 Å². The lowest BCUT2D eigenvalue weighted by atomic mass is 9.89. The number of nitrogens with one attached hydrogen (secondary N) is 2. The summed E-state index contributed by atoms with van der Waals surface area (Å²) in [4.78, 5) is 40.3. The number of pyridine rings is 1. The van der Waals surface area contributed by atoms with Gasteiger partial charge in [0.05, 0.1) is 16.1 Å². The molecule has 1 aliphatic heterocycles. The fraction of sp³-hybridized carbons (Fsp3) is 0.258. The van der Waals surface area contributed by atoms with Gasteiger partial charge in [0.15, 0.2) is 0 Å². The number of rotatable bonds is 8. The number of hydrogen-bond acceptors (Lipinski definition) is 8. The molecular weight excluding hydrogens is 520 g/mol. The van der Waals surface area contributed by atoms with Crippen LogP contribution in [0.4, 0.5) is 10.7 Å². The zero-order valence-corrected chi connectivity index (χ0v) is 22.8. The maximum atomic E-state index is 12.1. The maximum Gasteiger partial charge on any atom is 0.290 e. The van der Waals surface area contributed by atoms with Gasteiger partial charge in [-0.3, -0.25) is 19.9 Å². The van der Waals surface area contributed by atoms with Gasteiger partial charge in [0.25, 0.3) is 11.1 Å². The Labute approximate surface area is 237 Å². The molecule has 0 atom stereocenters. The predicted octanol–water partition coefficient (Wildman–Crippen LogP) is 5.46. The first-order valence-electron chi connectivity index (χ1n) is 13.6. The second kappa shape index (κ2) is 12.0. The van der Waals surface area contributed by atoms with E-state index in [0.717, 1.165) is 49.5 Å². The number of carbonyl (C=O) groups excluding carboxylic acids is 2. The maximum absolute atomic E-state index is 12.1. The first kappa shape index (κ1) is 26.2. The van der Waals surface area contributed by atoms with Crippen LogP contribution in [0.3, 0.4) is 0 Å². The van der Waals surface area contributed by atoms with Crippen LogP contribution in [0, 0.1) is 0 Å². The molecule has 2 aliphatic rings. The third-order valence-corrected chi connectivity index (χ3v) is 8.28. The molecule has 1 saturated carbocycles. The van der Waals surface area contributed by atoms with Crippen LogP contribution >= 0.6 is 11.8 Å². The quantitative estimate of drug-likeness (QED) is 0.279. The summed E-state index contributed by atoms with van der Waals surface area (Å²) >= 11 is 0.894. The van der Waals surface area contributed by atoms with Gasteiger partial charge >= 0.3 is 0 Å². The third kappa shape index (κ3) is 6.05. The van der Waals surface area contributed by atoms with E-state index >= 15 is 0 Å². The van der Waals surface area contributed by atoms with E-state index in [1.165, 1.54) is 16.5 Å². The van der Waals surface area contributed by atoms with Crippen LogP contribution in [0.5, 0.6) is 0 Å². The standard InChI is InChI=1S/C31H30N6O2S/c38-29-27(40-31(39)36-29)18-25-15-17-33-30(35-25)37(20-21-6-2-1-3-7-21)26-13-11-24(12-14-26)34-19-23-9-4-8-22-10-5-16-32-28(22)23/h1-10,15-18,24,26,34H,11-14,19-20H2,(H,36,38,39)/b27-18-. The van der Waals surface area contributed by atoms with Crippen LogP contribution in [-0.2, 0) is 17.9 Å². The van der Waals surface area contributed by atoms with Crippen molar-refractivity contribution in [2.24, 2.45) is 0 Å². The average Bonchev–Trinajstić information content (AvgIpc) is 3.31. The highest BCUT2D eigenvalue weighted by Gasteiger charge is 2.29. The van der Waals surface area contributed by atoms with Crippen molar-refractivity contribution >= 4 is 45.8 Å². The summed E-state index contributed by atoms with van der Waals surface area (Å²) in [5.41, 5.74) is 4.08. The van der Waals surface area contributed by atoms with Gasteiger partial charge in [-0.15, -0.1) is 0 Å². The van der Waals surface area contributed by atoms with Crippen molar-refractivity contribution in [2.75, 3.05) is 4.90 Å². The number of aromatic nitrogens is 3. The van der Waals surface area contributed by atoms with Gasteiger partial charge in [-0.05, 0) is 66.8 Å². The van der Waals surface area contributed by atoms with Crippen molar-refractivity contribution in [1.29, 1.82) is 0 Å². The first-order valence-corrected chi connectivity index (χ1v) is 14.4. The second-order valence-corrected chi connectivity index (χ2v) is 11.1. The van der Waals surface area contributed by atoms with Gasteiger partial charge in [-0.25, -0.2) is 9.97 Å². The molecule has 202 valence electrons. The van der Waals surface area contributed by atoms with Gasteiger partial charge in [0, 0.05) is 43.0 Å². The van der Waals surface area contributed by atoms with Crippen LogP contribution in [-0.4, -0.2) is 38.2 Å². The third-order valence-electron chi connectivity index (χ3n) is 7.47. The summed E-state index contributed by atoms with van der Waals surface area (Å²) in [6, 6.07) is 23.3. The Morgan fingerprint density at radius 3 is 2.55 bits per heavy atom. The molecule has 2 aromatic heterocycles. The fourth-order valence-corrected chi connectivity index (χ4v) is 6.10. The van der Waals surface area contributed by atoms with E-state index in [1.54, 1.807) is 18.3 Å². The Morgan fingerprint density at radius 1 is 0.925 bits per heavy atom. The number of hydrogen-bond donors (Lipinski definition) is 2. The lowest BCUT2D eigenvalue weighted by molar-refractivity contribution is -0.115. The molecule has 3 heterocycles. The summed E-state index contributed by atoms with van der Waals surface area (Å²) in [5.74, 6) is 0.243. The predicted molar refractivity (Wildman–Crippen MR) is 158 cm³/mol. The zero-order chi connectivity index (χ0) is 27.3. The fourth-order valence-electron chi connectivity index (χ4n) is 5.44. The van der Waals surface area contributed by atoms with Crippen LogP contribution in [0.15, 0.2) is 84.0 Å². The van der Waals surface area contributed by atoms with Crippen LogP contribution in [0.1, 0.15) is 42.5 Å². The summed E-state index contributed by atoms with van der Waals surface area (Å²) in [7, 11) is 0. The minimum Gasteiger partial charge on any atom is -0.333 e. The van der Waals surface area contributed by atoms with Crippen LogP contribution in [0.25, 0.3) is 17.0 Å². The van der Waals surface area contributed by atoms with Gasteiger partial charge in [-0.2, -0.15) is 0 Å². The lowest BCUT2D eigenvalue weighted by Gasteiger charge is -2.37. The number of fused-ring (bicyclic) bond motifs is 1. The molecule has 0 spiro atoms. The smallest absolute Gasteiger partial charge is 0.290 e. The topological polar surface area (TPSA) is 100 Å². The van der Waals surface area contributed by atoms with Crippen molar-refractivity contribution in [3.8, 4) is 0 Å². The number of thioether (sulfide) groups is 1. The summed E-state index contributed by atoms with van der Waals surface area (Å²) in [6.45, 7) is 1.49. The monoisotopic (exact) mass is 550 g/mol. The summed E-state index contributed by atoms with van der Waals surface area (Å²) < 4.78 is 0. The van der Waals surface area contributed by atoms with E-state index in [0.29, 0.717) is 29.1 Å². The number of carbonyl (C=O) groups is 2. The number of imide groups is 1. The summed E-state index contributed by atoms with van der Waals surface area (Å²) in [6.07, 6.45) is 9.36. The van der Waals surface area contributed by atoms with E-state index < -0.39 is 0 Å². The SMILES string of the molecule is O=C1NC(=O)/C(=C/c2ccnc(N(Cc3ccccc3)C3CCC(NCc4cccc5cccnc45)CC3)n2)S1. The Balaban J connectivity index is 1.16. The second-order valence-electron chi connectivity index (χ2n) is 10.1. The van der Waals surface area contributed by atoms with Crippen molar-refractivity contribution in [2.45, 2.75) is 50.9 Å². The largest absolute Gasteiger partial charge is 0.333 e. The molecule has 8 nitrogen and oxygen atoms in total. The molecule has 0 radical (unpaired) electrons. The molecule has 2 N–H and O–H groups in total. The van der Waals surface area contributed by atoms with Crippen LogP contribution in [0.2, 0.25) is 0 Å². The molecule has 6 rings (SSSR count). The van der Waals surface area contributed by atoms with Crippen molar-refractivity contribution in [3.63, 3.8) is 0 Å². The number of benzene rings is 2. The Hall–Kier alpha value is -4.08. The van der Waals surface area contributed by atoms with E-state index in [2.05, 4.69) is 61.9 Å². The number of amides is 2. The number of anilines is 1. The molecule has 0 bridgehead atoms. The van der Waals surface area contributed by atoms with Crippen molar-refractivity contribution in [1.82, 2.24) is 25.6 Å². The minimum absolute atomic E-state index is 0.283. The molecule has 1 aliphatic carbocycles. The molecular formula is C31H30N6O2S. The zero-order valence-electron chi connectivity index (χ0n) is 22.0. The highest BCUT2D eigenvalue weighted by Crippen LogP contribution is 2.29. The molecule has 40 heavy (non-hydrogen) atoms. The Morgan fingerprint density at radius 2 is 1.75 bits per heavy atom. The number of para-hydroxylation sites is 1. The highest BCUT2D eigenvalue weighted by atomic mass is 32.2. The molecule has 1 saturated heterocycles. The molecule has 4 aromatic rings.